The first-order valence-electron chi connectivity index (χ1n) is 20.9. The zero-order valence-electron chi connectivity index (χ0n) is 31.5. The van der Waals surface area contributed by atoms with E-state index in [2.05, 4.69) is 19.2 Å². The van der Waals surface area contributed by atoms with Crippen molar-refractivity contribution < 1.29 is 25.2 Å². The number of hydrogen-bond acceptors (Lipinski definition) is 5. The van der Waals surface area contributed by atoms with E-state index in [1.807, 2.05) is 0 Å². The van der Waals surface area contributed by atoms with Crippen molar-refractivity contribution in [3.8, 4) is 0 Å². The maximum atomic E-state index is 12.4. The number of carbonyl (C=O) groups excluding carboxylic acids is 1. The molecule has 0 aliphatic heterocycles. The number of aliphatic hydroxyl groups is 4. The third-order valence-corrected chi connectivity index (χ3v) is 10.1. The summed E-state index contributed by atoms with van der Waals surface area (Å²) in [4.78, 5) is 12.4. The number of amides is 1. The first-order valence-corrected chi connectivity index (χ1v) is 20.9. The highest BCUT2D eigenvalue weighted by Crippen LogP contribution is 2.17. The van der Waals surface area contributed by atoms with Crippen LogP contribution in [0.15, 0.2) is 0 Å². The molecule has 47 heavy (non-hydrogen) atoms. The molecule has 5 N–H and O–H groups in total. The quantitative estimate of drug-likeness (QED) is 0.0420. The Balaban J connectivity index is 3.46. The Morgan fingerprint density at radius 3 is 1.04 bits per heavy atom. The minimum absolute atomic E-state index is 0.374. The molecule has 0 aliphatic carbocycles. The summed E-state index contributed by atoms with van der Waals surface area (Å²) < 4.78 is 0. The molecule has 0 aromatic heterocycles. The second-order valence-electron chi connectivity index (χ2n) is 14.7. The van der Waals surface area contributed by atoms with Crippen molar-refractivity contribution in [3.05, 3.63) is 0 Å². The lowest BCUT2D eigenvalue weighted by atomic mass is 9.99. The van der Waals surface area contributed by atoms with Crippen LogP contribution in [0.4, 0.5) is 0 Å². The highest BCUT2D eigenvalue weighted by Gasteiger charge is 2.28. The largest absolute Gasteiger partial charge is 0.394 e. The van der Waals surface area contributed by atoms with E-state index in [9.17, 15) is 25.2 Å². The van der Waals surface area contributed by atoms with Gasteiger partial charge in [-0.15, -0.1) is 0 Å². The molecule has 0 bridgehead atoms. The molecule has 0 saturated carbocycles. The maximum absolute atomic E-state index is 12.4. The van der Waals surface area contributed by atoms with Gasteiger partial charge in [0.25, 0.3) is 0 Å². The molecular weight excluding hydrogens is 586 g/mol. The molecule has 282 valence electrons. The van der Waals surface area contributed by atoms with E-state index < -0.39 is 36.9 Å². The van der Waals surface area contributed by atoms with E-state index in [4.69, 9.17) is 0 Å². The van der Waals surface area contributed by atoms with Crippen LogP contribution in [0.1, 0.15) is 226 Å². The Bertz CT molecular complexity index is 633. The van der Waals surface area contributed by atoms with E-state index in [0.717, 1.165) is 44.9 Å². The van der Waals surface area contributed by atoms with Gasteiger partial charge in [-0.3, -0.25) is 4.79 Å². The van der Waals surface area contributed by atoms with Gasteiger partial charge >= 0.3 is 0 Å². The third-order valence-electron chi connectivity index (χ3n) is 10.1. The fourth-order valence-electron chi connectivity index (χ4n) is 6.70. The van der Waals surface area contributed by atoms with Gasteiger partial charge in [0.1, 0.15) is 12.2 Å². The van der Waals surface area contributed by atoms with Crippen molar-refractivity contribution in [3.63, 3.8) is 0 Å². The second-order valence-corrected chi connectivity index (χ2v) is 14.7. The smallest absolute Gasteiger partial charge is 0.249 e. The summed E-state index contributed by atoms with van der Waals surface area (Å²) in [5.74, 6) is -0.587. The van der Waals surface area contributed by atoms with Gasteiger partial charge in [0.15, 0.2) is 0 Å². The fourth-order valence-corrected chi connectivity index (χ4v) is 6.70. The molecule has 0 fully saturated rings. The summed E-state index contributed by atoms with van der Waals surface area (Å²) in [6.45, 7) is 3.92. The summed E-state index contributed by atoms with van der Waals surface area (Å²) in [6, 6.07) is -0.975. The van der Waals surface area contributed by atoms with E-state index >= 15 is 0 Å². The fraction of sp³-hybridized carbons (Fsp3) is 0.976. The van der Waals surface area contributed by atoms with Crippen molar-refractivity contribution in [1.29, 1.82) is 0 Å². The first-order chi connectivity index (χ1) is 23.0. The van der Waals surface area contributed by atoms with Gasteiger partial charge in [0.05, 0.1) is 18.8 Å². The van der Waals surface area contributed by atoms with Crippen LogP contribution < -0.4 is 5.32 Å². The van der Waals surface area contributed by atoms with E-state index in [1.165, 1.54) is 154 Å². The summed E-state index contributed by atoms with van der Waals surface area (Å²) in [5.41, 5.74) is 0. The van der Waals surface area contributed by atoms with Gasteiger partial charge in [-0.1, -0.05) is 213 Å². The molecule has 0 aromatic rings. The number of aliphatic hydroxyl groups excluding tert-OH is 4. The minimum Gasteiger partial charge on any atom is -0.394 e. The van der Waals surface area contributed by atoms with Gasteiger partial charge in [-0.05, 0) is 12.8 Å². The van der Waals surface area contributed by atoms with Gasteiger partial charge in [-0.25, -0.2) is 0 Å². The number of hydrogen-bond donors (Lipinski definition) is 5. The van der Waals surface area contributed by atoms with E-state index in [-0.39, 0.29) is 0 Å². The van der Waals surface area contributed by atoms with Crippen LogP contribution in [0.5, 0.6) is 0 Å². The number of carbonyl (C=O) groups is 1. The first kappa shape index (κ1) is 46.3. The Labute approximate surface area is 292 Å². The monoisotopic (exact) mass is 670 g/mol. The summed E-state index contributed by atoms with van der Waals surface area (Å²) in [5, 5.41) is 42.9. The van der Waals surface area contributed by atoms with Gasteiger partial charge < -0.3 is 25.7 Å². The Kier molecular flexibility index (Phi) is 36.0. The summed E-state index contributed by atoms with van der Waals surface area (Å²) in [6.07, 6.45) is 37.9. The average molecular weight is 670 g/mol. The topological polar surface area (TPSA) is 110 Å². The molecule has 0 spiro atoms. The van der Waals surface area contributed by atoms with Crippen LogP contribution in [0.2, 0.25) is 0 Å². The number of nitrogens with one attached hydrogen (secondary N) is 1. The van der Waals surface area contributed by atoms with Crippen molar-refractivity contribution >= 4 is 5.91 Å². The molecule has 6 heteroatoms. The lowest BCUT2D eigenvalue weighted by Crippen LogP contribution is -2.53. The van der Waals surface area contributed by atoms with Crippen molar-refractivity contribution in [2.45, 2.75) is 250 Å². The zero-order valence-corrected chi connectivity index (χ0v) is 31.5. The molecule has 0 aromatic carbocycles. The molecule has 0 heterocycles. The van der Waals surface area contributed by atoms with Crippen LogP contribution in [-0.4, -0.2) is 57.3 Å². The van der Waals surface area contributed by atoms with E-state index in [1.54, 1.807) is 0 Å². The molecule has 0 rings (SSSR count). The number of unbranched alkanes of at least 4 members (excludes halogenated alkanes) is 29. The van der Waals surface area contributed by atoms with E-state index in [0.29, 0.717) is 12.8 Å². The molecule has 4 unspecified atom stereocenters. The van der Waals surface area contributed by atoms with Crippen LogP contribution >= 0.6 is 0 Å². The molecule has 0 radical (unpaired) electrons. The van der Waals surface area contributed by atoms with Crippen LogP contribution in [0, 0.1) is 0 Å². The molecule has 6 nitrogen and oxygen atoms in total. The average Bonchev–Trinajstić information content (AvgIpc) is 3.08. The predicted octanol–water partition coefficient (Wildman–Crippen LogP) is 10.5. The lowest BCUT2D eigenvalue weighted by molar-refractivity contribution is -0.132. The molecule has 0 saturated heterocycles. The van der Waals surface area contributed by atoms with Crippen molar-refractivity contribution in [1.82, 2.24) is 5.32 Å². The standard InChI is InChI=1S/C41H83NO5/c1-3-5-7-9-10-11-12-13-14-15-16-17-18-19-20-21-22-23-24-25-26-27-28-29-30-31-33-35-39(45)41(47)42-37(36-43)40(46)38(44)34-32-8-6-4-2/h37-40,43-46H,3-36H2,1-2H3,(H,42,47). The third kappa shape index (κ3) is 31.1. The van der Waals surface area contributed by atoms with Gasteiger partial charge in [0, 0.05) is 0 Å². The maximum Gasteiger partial charge on any atom is 0.249 e. The van der Waals surface area contributed by atoms with Crippen LogP contribution in [-0.2, 0) is 4.79 Å². The second kappa shape index (κ2) is 36.6. The lowest BCUT2D eigenvalue weighted by Gasteiger charge is -2.27. The van der Waals surface area contributed by atoms with Crippen LogP contribution in [0.3, 0.4) is 0 Å². The predicted molar refractivity (Wildman–Crippen MR) is 201 cm³/mol. The van der Waals surface area contributed by atoms with Gasteiger partial charge in [-0.2, -0.15) is 0 Å². The Hall–Kier alpha value is -0.690. The molecule has 4 atom stereocenters. The highest BCUT2D eigenvalue weighted by molar-refractivity contribution is 5.80. The van der Waals surface area contributed by atoms with Gasteiger partial charge in [0.2, 0.25) is 5.91 Å². The van der Waals surface area contributed by atoms with Crippen molar-refractivity contribution in [2.75, 3.05) is 6.61 Å². The summed E-state index contributed by atoms with van der Waals surface area (Å²) in [7, 11) is 0. The Morgan fingerprint density at radius 2 is 0.723 bits per heavy atom. The number of rotatable bonds is 38. The van der Waals surface area contributed by atoms with Crippen LogP contribution in [0.25, 0.3) is 0 Å². The highest BCUT2D eigenvalue weighted by atomic mass is 16.3. The zero-order chi connectivity index (χ0) is 34.6. The Morgan fingerprint density at radius 1 is 0.447 bits per heavy atom. The SMILES string of the molecule is CCCCCCCCCCCCCCCCCCCCCCCCCCCCCC(O)C(=O)NC(CO)C(O)C(O)CCCCCC. The molecule has 0 aliphatic rings. The summed E-state index contributed by atoms with van der Waals surface area (Å²) >= 11 is 0. The normalized spacial score (nSPS) is 14.3. The van der Waals surface area contributed by atoms with Crippen molar-refractivity contribution in [2.24, 2.45) is 0 Å². The minimum atomic E-state index is -1.25. The molecule has 1 amide bonds. The molecular formula is C41H83NO5.